The number of amides is 1. The van der Waals surface area contributed by atoms with Crippen LogP contribution in [-0.2, 0) is 6.54 Å². The van der Waals surface area contributed by atoms with Gasteiger partial charge in [0.25, 0.3) is 5.91 Å². The van der Waals surface area contributed by atoms with Gasteiger partial charge >= 0.3 is 0 Å². The van der Waals surface area contributed by atoms with Crippen molar-refractivity contribution in [2.45, 2.75) is 32.2 Å². The van der Waals surface area contributed by atoms with Gasteiger partial charge in [-0.05, 0) is 31.0 Å². The topological polar surface area (TPSA) is 55.1 Å². The summed E-state index contributed by atoms with van der Waals surface area (Å²) in [6.45, 7) is 0.170. The molecule has 29 heavy (non-hydrogen) atoms. The van der Waals surface area contributed by atoms with E-state index in [1.165, 1.54) is 18.9 Å². The van der Waals surface area contributed by atoms with Crippen molar-refractivity contribution in [3.63, 3.8) is 0 Å². The molecule has 146 valence electrons. The fourth-order valence-electron chi connectivity index (χ4n) is 3.42. The Kier molecular flexibility index (Phi) is 5.71. The highest BCUT2D eigenvalue weighted by Gasteiger charge is 2.13. The van der Waals surface area contributed by atoms with Crippen LogP contribution in [-0.4, -0.2) is 11.1 Å². The van der Waals surface area contributed by atoms with Gasteiger partial charge in [0.1, 0.15) is 11.5 Å². The number of carbonyl (C=O) groups is 1. The molecule has 1 heterocycles. The Morgan fingerprint density at radius 1 is 1.14 bits per heavy atom. The first-order chi connectivity index (χ1) is 14.2. The highest BCUT2D eigenvalue weighted by atomic mass is 19.1. The smallest absolute Gasteiger partial charge is 0.251 e. The summed E-state index contributed by atoms with van der Waals surface area (Å²) in [6.07, 6.45) is 4.56. The summed E-state index contributed by atoms with van der Waals surface area (Å²) in [5, 5.41) is 6.74. The third-order valence-corrected chi connectivity index (χ3v) is 5.05. The Morgan fingerprint density at radius 2 is 1.93 bits per heavy atom. The van der Waals surface area contributed by atoms with Crippen molar-refractivity contribution in [3.05, 3.63) is 77.3 Å². The number of benzene rings is 2. The lowest BCUT2D eigenvalue weighted by atomic mass is 10.1. The number of aromatic nitrogens is 1. The summed E-state index contributed by atoms with van der Waals surface area (Å²) < 4.78 is 19.6. The van der Waals surface area contributed by atoms with Crippen LogP contribution in [0.3, 0.4) is 0 Å². The van der Waals surface area contributed by atoms with Crippen LogP contribution in [0.15, 0.2) is 59.1 Å². The molecule has 1 fully saturated rings. The zero-order valence-corrected chi connectivity index (χ0v) is 16.0. The number of hydrogen-bond acceptors (Lipinski definition) is 3. The maximum Gasteiger partial charge on any atom is 0.251 e. The zero-order chi connectivity index (χ0) is 20.1. The van der Waals surface area contributed by atoms with Gasteiger partial charge in [-0.3, -0.25) is 4.79 Å². The predicted octanol–water partition coefficient (Wildman–Crippen LogP) is 4.95. The van der Waals surface area contributed by atoms with Crippen LogP contribution in [0.4, 0.5) is 4.39 Å². The minimum absolute atomic E-state index is 0.170. The Bertz CT molecular complexity index is 1060. The molecule has 0 atom stereocenters. The van der Waals surface area contributed by atoms with Crippen molar-refractivity contribution in [2.75, 3.05) is 0 Å². The van der Waals surface area contributed by atoms with Crippen LogP contribution < -0.4 is 5.32 Å². The predicted molar refractivity (Wildman–Crippen MR) is 108 cm³/mol. The highest BCUT2D eigenvalue weighted by Crippen LogP contribution is 2.24. The second kappa shape index (κ2) is 8.74. The number of halogens is 1. The molecule has 5 heteroatoms. The van der Waals surface area contributed by atoms with Crippen molar-refractivity contribution in [2.24, 2.45) is 5.92 Å². The van der Waals surface area contributed by atoms with Gasteiger partial charge < -0.3 is 9.84 Å². The Hall–Kier alpha value is -3.39. The summed E-state index contributed by atoms with van der Waals surface area (Å²) in [4.78, 5) is 12.3. The fraction of sp³-hybridized carbons (Fsp3) is 0.250. The summed E-state index contributed by atoms with van der Waals surface area (Å²) >= 11 is 0. The van der Waals surface area contributed by atoms with Crippen molar-refractivity contribution in [1.82, 2.24) is 10.5 Å². The van der Waals surface area contributed by atoms with E-state index in [1.807, 2.05) is 30.3 Å². The molecule has 1 saturated carbocycles. The maximum atomic E-state index is 14.3. The Labute approximate surface area is 169 Å². The number of hydrogen-bond donors (Lipinski definition) is 1. The van der Waals surface area contributed by atoms with E-state index in [-0.39, 0.29) is 18.0 Å². The molecule has 4 rings (SSSR count). The van der Waals surface area contributed by atoms with Gasteiger partial charge in [-0.15, -0.1) is 0 Å². The van der Waals surface area contributed by atoms with Crippen LogP contribution in [0.1, 0.15) is 47.4 Å². The lowest BCUT2D eigenvalue weighted by Crippen LogP contribution is -2.22. The zero-order valence-electron chi connectivity index (χ0n) is 16.0. The summed E-state index contributed by atoms with van der Waals surface area (Å²) in [7, 11) is 0. The largest absolute Gasteiger partial charge is 0.359 e. The van der Waals surface area contributed by atoms with Crippen LogP contribution in [0.5, 0.6) is 0 Å². The molecule has 1 amide bonds. The highest BCUT2D eigenvalue weighted by molar-refractivity contribution is 5.94. The summed E-state index contributed by atoms with van der Waals surface area (Å²) in [5.41, 5.74) is 2.21. The van der Waals surface area contributed by atoms with Gasteiger partial charge in [-0.1, -0.05) is 60.2 Å². The molecule has 0 unspecified atom stereocenters. The van der Waals surface area contributed by atoms with Crippen molar-refractivity contribution in [1.29, 1.82) is 0 Å². The summed E-state index contributed by atoms with van der Waals surface area (Å²) in [6, 6.07) is 15.8. The number of rotatable bonds is 4. The lowest BCUT2D eigenvalue weighted by Gasteiger charge is -2.04. The van der Waals surface area contributed by atoms with Crippen molar-refractivity contribution >= 4 is 5.91 Å². The van der Waals surface area contributed by atoms with Crippen LogP contribution in [0.25, 0.3) is 11.3 Å². The summed E-state index contributed by atoms with van der Waals surface area (Å²) in [5.74, 6) is 6.09. The van der Waals surface area contributed by atoms with Crippen LogP contribution >= 0.6 is 0 Å². The second-order valence-electron chi connectivity index (χ2n) is 7.17. The standard InChI is InChI=1S/C24H21FN2O2/c25-22-14-20(13-12-18(22)11-10-17-6-4-5-7-17)24(28)26-16-21-15-23(27-29-21)19-8-2-1-3-9-19/h1-3,8-9,12-15,17H,4-7,16H2,(H,26,28). The molecule has 1 aliphatic rings. The first-order valence-corrected chi connectivity index (χ1v) is 9.79. The Morgan fingerprint density at radius 3 is 2.69 bits per heavy atom. The van der Waals surface area contributed by atoms with E-state index >= 15 is 0 Å². The average molecular weight is 388 g/mol. The lowest BCUT2D eigenvalue weighted by molar-refractivity contribution is 0.0946. The van der Waals surface area contributed by atoms with Gasteiger partial charge in [0.05, 0.1) is 12.1 Å². The first-order valence-electron chi connectivity index (χ1n) is 9.79. The van der Waals surface area contributed by atoms with Crippen molar-refractivity contribution in [3.8, 4) is 23.1 Å². The van der Waals surface area contributed by atoms with Gasteiger partial charge in [0, 0.05) is 23.1 Å². The van der Waals surface area contributed by atoms with Gasteiger partial charge in [0.2, 0.25) is 0 Å². The molecule has 0 aliphatic heterocycles. The molecular formula is C24H21FN2O2. The molecular weight excluding hydrogens is 367 g/mol. The molecule has 2 aromatic carbocycles. The van der Waals surface area contributed by atoms with E-state index < -0.39 is 5.82 Å². The minimum Gasteiger partial charge on any atom is -0.359 e. The van der Waals surface area contributed by atoms with E-state index in [1.54, 1.807) is 18.2 Å². The van der Waals surface area contributed by atoms with Gasteiger partial charge in [-0.25, -0.2) is 4.39 Å². The molecule has 0 spiro atoms. The van der Waals surface area contributed by atoms with E-state index in [2.05, 4.69) is 22.3 Å². The molecule has 0 radical (unpaired) electrons. The van der Waals surface area contributed by atoms with E-state index in [4.69, 9.17) is 4.52 Å². The van der Waals surface area contributed by atoms with E-state index in [0.717, 1.165) is 18.4 Å². The molecule has 4 nitrogen and oxygen atoms in total. The number of carbonyl (C=O) groups excluding carboxylic acids is 1. The average Bonchev–Trinajstić information content (AvgIpc) is 3.44. The molecule has 3 aromatic rings. The van der Waals surface area contributed by atoms with Crippen molar-refractivity contribution < 1.29 is 13.7 Å². The Balaban J connectivity index is 1.37. The third-order valence-electron chi connectivity index (χ3n) is 5.05. The van der Waals surface area contributed by atoms with E-state index in [9.17, 15) is 9.18 Å². The van der Waals surface area contributed by atoms with Crippen LogP contribution in [0.2, 0.25) is 0 Å². The minimum atomic E-state index is -0.478. The first kappa shape index (κ1) is 18.9. The SMILES string of the molecule is O=C(NCc1cc(-c2ccccc2)no1)c1ccc(C#CC2CCCC2)c(F)c1. The third kappa shape index (κ3) is 4.72. The van der Waals surface area contributed by atoms with Crippen LogP contribution in [0, 0.1) is 23.6 Å². The van der Waals surface area contributed by atoms with Gasteiger partial charge in [0.15, 0.2) is 5.76 Å². The molecule has 0 bridgehead atoms. The van der Waals surface area contributed by atoms with Gasteiger partial charge in [-0.2, -0.15) is 0 Å². The molecule has 0 saturated heterocycles. The maximum absolute atomic E-state index is 14.3. The number of nitrogens with one attached hydrogen (secondary N) is 1. The molecule has 1 aliphatic carbocycles. The fourth-order valence-corrected chi connectivity index (χ4v) is 3.42. The normalized spacial score (nSPS) is 13.7. The molecule has 1 aromatic heterocycles. The molecule has 1 N–H and O–H groups in total. The van der Waals surface area contributed by atoms with E-state index in [0.29, 0.717) is 22.9 Å². The monoisotopic (exact) mass is 388 g/mol. The quantitative estimate of drug-likeness (QED) is 0.643. The number of nitrogens with zero attached hydrogens (tertiary/aromatic N) is 1. The second-order valence-corrected chi connectivity index (χ2v) is 7.17.